The van der Waals surface area contributed by atoms with Gasteiger partial charge in [-0.25, -0.2) is 14.4 Å². The van der Waals surface area contributed by atoms with Gasteiger partial charge in [0, 0.05) is 42.9 Å². The number of carboxylic acid groups (broad SMARTS) is 1. The van der Waals surface area contributed by atoms with E-state index >= 15 is 0 Å². The standard InChI is InChI=1S/C17H22O6.C15H18O6/c1-4-12(18)16-13(19)10-14(23-17(16)21)11(2)8-6-5-7-9-15(20)22-3;1-3-10(16)14-11(17)8-12(21-15(14)20)9(2)6-4-5-7-13(18)19/h5,7,10-11,19H,4,6,8-9H2,1-3H3;5,7-9,17H,3-4,6H2,1-2H3,(H,18,19)/b2*7-5+. The molecular formula is C32H40O12. The lowest BCUT2D eigenvalue weighted by molar-refractivity contribution is -0.139. The zero-order valence-corrected chi connectivity index (χ0v) is 25.6. The summed E-state index contributed by atoms with van der Waals surface area (Å²) in [4.78, 5) is 68.0. The van der Waals surface area contributed by atoms with Crippen molar-refractivity contribution in [3.8, 4) is 11.5 Å². The predicted molar refractivity (Wildman–Crippen MR) is 160 cm³/mol. The SMILES string of the molecule is CCC(=O)c1c(O)cc(C(C)CC/C=C/C(=O)O)oc1=O.CCC(=O)c1c(O)cc(C(C)CC/C=C/CC(=O)OC)oc1=O. The van der Waals surface area contributed by atoms with E-state index in [1.54, 1.807) is 26.8 Å². The molecule has 44 heavy (non-hydrogen) atoms. The molecule has 2 unspecified atom stereocenters. The molecule has 2 atom stereocenters. The molecule has 240 valence electrons. The van der Waals surface area contributed by atoms with Crippen LogP contribution in [0.4, 0.5) is 0 Å². The van der Waals surface area contributed by atoms with Crippen LogP contribution in [0.3, 0.4) is 0 Å². The fourth-order valence-electron chi connectivity index (χ4n) is 3.89. The molecule has 0 saturated carbocycles. The van der Waals surface area contributed by atoms with Gasteiger partial charge in [-0.3, -0.25) is 14.4 Å². The largest absolute Gasteiger partial charge is 0.507 e. The molecule has 12 nitrogen and oxygen atoms in total. The number of hydrogen-bond acceptors (Lipinski definition) is 11. The molecule has 0 saturated heterocycles. The summed E-state index contributed by atoms with van der Waals surface area (Å²) in [6, 6.07) is 2.60. The average Bonchev–Trinajstić information content (AvgIpc) is 2.97. The fourth-order valence-corrected chi connectivity index (χ4v) is 3.89. The van der Waals surface area contributed by atoms with Crippen molar-refractivity contribution in [3.05, 3.63) is 79.9 Å². The minimum atomic E-state index is -1.02. The van der Waals surface area contributed by atoms with Gasteiger partial charge in [0.05, 0.1) is 13.5 Å². The second-order valence-electron chi connectivity index (χ2n) is 9.90. The van der Waals surface area contributed by atoms with Crippen molar-refractivity contribution in [3.63, 3.8) is 0 Å². The number of Topliss-reactive ketones (excluding diaryl/α,β-unsaturated/α-hetero) is 2. The highest BCUT2D eigenvalue weighted by Gasteiger charge is 2.20. The molecule has 0 fully saturated rings. The second kappa shape index (κ2) is 18.7. The van der Waals surface area contributed by atoms with E-state index in [0.29, 0.717) is 31.4 Å². The quantitative estimate of drug-likeness (QED) is 0.0997. The van der Waals surface area contributed by atoms with Crippen LogP contribution < -0.4 is 11.3 Å². The molecule has 2 aromatic heterocycles. The smallest absolute Gasteiger partial charge is 0.350 e. The normalized spacial score (nSPS) is 12.4. The summed E-state index contributed by atoms with van der Waals surface area (Å²) in [5.41, 5.74) is -2.26. The monoisotopic (exact) mass is 616 g/mol. The van der Waals surface area contributed by atoms with Gasteiger partial charge in [0.1, 0.15) is 34.1 Å². The molecule has 0 bridgehead atoms. The molecule has 0 aliphatic heterocycles. The van der Waals surface area contributed by atoms with E-state index in [1.165, 1.54) is 25.3 Å². The van der Waals surface area contributed by atoms with Crippen LogP contribution in [0.1, 0.15) is 117 Å². The van der Waals surface area contributed by atoms with Crippen molar-refractivity contribution in [2.45, 2.75) is 84.5 Å². The van der Waals surface area contributed by atoms with Crippen molar-refractivity contribution in [1.82, 2.24) is 0 Å². The van der Waals surface area contributed by atoms with Gasteiger partial charge in [0.25, 0.3) is 0 Å². The first kappa shape index (κ1) is 37.3. The van der Waals surface area contributed by atoms with Gasteiger partial charge < -0.3 is 28.9 Å². The highest BCUT2D eigenvalue weighted by molar-refractivity contribution is 5.98. The maximum absolute atomic E-state index is 11.8. The summed E-state index contributed by atoms with van der Waals surface area (Å²) < 4.78 is 14.7. The Morgan fingerprint density at radius 2 is 1.23 bits per heavy atom. The van der Waals surface area contributed by atoms with Gasteiger partial charge in [-0.2, -0.15) is 0 Å². The Morgan fingerprint density at radius 3 is 1.59 bits per heavy atom. The predicted octanol–water partition coefficient (Wildman–Crippen LogP) is 5.40. The molecule has 2 rings (SSSR count). The van der Waals surface area contributed by atoms with Gasteiger partial charge in [0.2, 0.25) is 0 Å². The van der Waals surface area contributed by atoms with Crippen LogP contribution >= 0.6 is 0 Å². The van der Waals surface area contributed by atoms with Gasteiger partial charge in [-0.1, -0.05) is 45.9 Å². The molecule has 0 radical (unpaired) electrons. The molecule has 0 spiro atoms. The van der Waals surface area contributed by atoms with Crippen LogP contribution in [0.15, 0.2) is 54.9 Å². The number of carbonyl (C=O) groups is 4. The Labute approximate surface area is 254 Å². The van der Waals surface area contributed by atoms with Crippen LogP contribution in [0.25, 0.3) is 0 Å². The Bertz CT molecular complexity index is 1480. The van der Waals surface area contributed by atoms with Gasteiger partial charge >= 0.3 is 23.2 Å². The molecule has 2 heterocycles. The topological polar surface area (TPSA) is 199 Å². The molecule has 3 N–H and O–H groups in total. The lowest BCUT2D eigenvalue weighted by Gasteiger charge is -2.10. The number of ether oxygens (including phenoxy) is 1. The Morgan fingerprint density at radius 1 is 0.795 bits per heavy atom. The lowest BCUT2D eigenvalue weighted by Crippen LogP contribution is -2.15. The van der Waals surface area contributed by atoms with E-state index in [-0.39, 0.29) is 65.5 Å². The number of esters is 1. The van der Waals surface area contributed by atoms with Crippen molar-refractivity contribution in [2.24, 2.45) is 0 Å². The number of aromatic hydroxyl groups is 2. The van der Waals surface area contributed by atoms with E-state index in [2.05, 4.69) is 4.74 Å². The lowest BCUT2D eigenvalue weighted by atomic mass is 10.0. The van der Waals surface area contributed by atoms with Crippen molar-refractivity contribution >= 4 is 23.5 Å². The number of hydrogen-bond donors (Lipinski definition) is 3. The first-order chi connectivity index (χ1) is 20.8. The minimum Gasteiger partial charge on any atom is -0.507 e. The average molecular weight is 617 g/mol. The number of carbonyl (C=O) groups excluding carboxylic acids is 3. The van der Waals surface area contributed by atoms with E-state index in [4.69, 9.17) is 13.9 Å². The summed E-state index contributed by atoms with van der Waals surface area (Å²) in [5.74, 6) is -2.63. The molecule has 0 aromatic carbocycles. The van der Waals surface area contributed by atoms with Crippen molar-refractivity contribution < 1.29 is 48.1 Å². The van der Waals surface area contributed by atoms with Gasteiger partial charge in [0.15, 0.2) is 11.6 Å². The molecule has 0 aliphatic rings. The van der Waals surface area contributed by atoms with Crippen LogP contribution in [0, 0.1) is 0 Å². The highest BCUT2D eigenvalue weighted by atomic mass is 16.5. The van der Waals surface area contributed by atoms with Crippen molar-refractivity contribution in [1.29, 1.82) is 0 Å². The maximum atomic E-state index is 11.8. The molecule has 2 aromatic rings. The number of ketones is 2. The number of methoxy groups -OCH3 is 1. The summed E-state index contributed by atoms with van der Waals surface area (Å²) in [6.45, 7) is 6.84. The van der Waals surface area contributed by atoms with Crippen molar-refractivity contribution in [2.75, 3.05) is 7.11 Å². The summed E-state index contributed by atoms with van der Waals surface area (Å²) in [6.07, 6.45) is 8.95. The fraction of sp³-hybridized carbons (Fsp3) is 0.438. The zero-order valence-electron chi connectivity index (χ0n) is 25.6. The first-order valence-corrected chi connectivity index (χ1v) is 14.2. The molecule has 0 amide bonds. The number of carboxylic acids is 1. The van der Waals surface area contributed by atoms with E-state index in [9.17, 15) is 39.0 Å². The van der Waals surface area contributed by atoms with E-state index < -0.39 is 28.8 Å². The van der Waals surface area contributed by atoms with E-state index in [1.807, 2.05) is 13.0 Å². The van der Waals surface area contributed by atoms with Crippen LogP contribution in [-0.4, -0.2) is 45.9 Å². The third kappa shape index (κ3) is 11.9. The molecular weight excluding hydrogens is 576 g/mol. The molecule has 0 aliphatic carbocycles. The Hall–Kier alpha value is -4.74. The zero-order chi connectivity index (χ0) is 33.4. The second-order valence-corrected chi connectivity index (χ2v) is 9.90. The third-order valence-corrected chi connectivity index (χ3v) is 6.54. The summed E-state index contributed by atoms with van der Waals surface area (Å²) >= 11 is 0. The first-order valence-electron chi connectivity index (χ1n) is 14.2. The Kier molecular flexibility index (Phi) is 15.9. The number of rotatable bonds is 15. The number of allylic oxidation sites excluding steroid dienone is 2. The van der Waals surface area contributed by atoms with Crippen LogP contribution in [-0.2, 0) is 14.3 Å². The maximum Gasteiger partial charge on any atom is 0.350 e. The van der Waals surface area contributed by atoms with Gasteiger partial charge in [-0.05, 0) is 25.7 Å². The highest BCUT2D eigenvalue weighted by Crippen LogP contribution is 2.26. The number of aliphatic carboxylic acids is 1. The molecule has 12 heteroatoms. The Balaban J connectivity index is 0.000000442. The van der Waals surface area contributed by atoms with Crippen LogP contribution in [0.5, 0.6) is 11.5 Å². The summed E-state index contributed by atoms with van der Waals surface area (Å²) in [7, 11) is 1.33. The van der Waals surface area contributed by atoms with E-state index in [0.717, 1.165) is 6.08 Å². The third-order valence-electron chi connectivity index (χ3n) is 6.54. The summed E-state index contributed by atoms with van der Waals surface area (Å²) in [5, 5.41) is 28.1. The minimum absolute atomic E-state index is 0.104. The van der Waals surface area contributed by atoms with Crippen LogP contribution in [0.2, 0.25) is 0 Å². The van der Waals surface area contributed by atoms with Gasteiger partial charge in [-0.15, -0.1) is 0 Å².